The number of carbonyl (C=O) groups is 1. The van der Waals surface area contributed by atoms with Crippen molar-refractivity contribution in [3.05, 3.63) is 71.6 Å². The van der Waals surface area contributed by atoms with Crippen molar-refractivity contribution in [3.63, 3.8) is 0 Å². The summed E-state index contributed by atoms with van der Waals surface area (Å²) in [4.78, 5) is 12.4. The fraction of sp³-hybridized carbons (Fsp3) is 0.182. The van der Waals surface area contributed by atoms with Crippen molar-refractivity contribution < 1.29 is 18.3 Å². The van der Waals surface area contributed by atoms with Crippen LogP contribution in [0.3, 0.4) is 0 Å². The maximum absolute atomic E-state index is 14.3. The van der Waals surface area contributed by atoms with Crippen molar-refractivity contribution in [1.29, 1.82) is 0 Å². The maximum atomic E-state index is 14.3. The van der Waals surface area contributed by atoms with Crippen LogP contribution in [-0.2, 0) is 0 Å². The number of amides is 1. The van der Waals surface area contributed by atoms with Gasteiger partial charge in [-0.25, -0.2) is 13.5 Å². The predicted octanol–water partition coefficient (Wildman–Crippen LogP) is 4.09. The van der Waals surface area contributed by atoms with Gasteiger partial charge in [-0.15, -0.1) is 5.10 Å². The van der Waals surface area contributed by atoms with E-state index in [0.29, 0.717) is 22.2 Å². The highest BCUT2D eigenvalue weighted by Gasteiger charge is 2.24. The summed E-state index contributed by atoms with van der Waals surface area (Å²) in [5.74, 6) is -0.978. The maximum Gasteiger partial charge on any atom is 0.251 e. The van der Waals surface area contributed by atoms with Gasteiger partial charge in [-0.2, -0.15) is 10.2 Å². The van der Waals surface area contributed by atoms with Gasteiger partial charge in [-0.1, -0.05) is 6.07 Å². The Labute approximate surface area is 175 Å². The number of halogens is 2. The molecule has 7 nitrogen and oxygen atoms in total. The van der Waals surface area contributed by atoms with Crippen molar-refractivity contribution in [2.45, 2.75) is 25.8 Å². The van der Waals surface area contributed by atoms with E-state index in [-0.39, 0.29) is 23.5 Å². The van der Waals surface area contributed by atoms with Crippen LogP contribution in [0.25, 0.3) is 16.6 Å². The SMILES string of the molecule is Cc1ccc(C(=O)NC2CC2)cc1Oc1nncc2c1cnn2-c1ccc(F)cc1F. The van der Waals surface area contributed by atoms with Crippen LogP contribution >= 0.6 is 0 Å². The Morgan fingerprint density at radius 3 is 2.77 bits per heavy atom. The monoisotopic (exact) mass is 421 g/mol. The molecule has 1 aliphatic carbocycles. The van der Waals surface area contributed by atoms with E-state index in [2.05, 4.69) is 20.6 Å². The lowest BCUT2D eigenvalue weighted by Gasteiger charge is -2.11. The number of carbonyl (C=O) groups excluding carboxylic acids is 1. The van der Waals surface area contributed by atoms with E-state index in [1.807, 2.05) is 6.92 Å². The zero-order chi connectivity index (χ0) is 21.5. The van der Waals surface area contributed by atoms with Crippen molar-refractivity contribution in [1.82, 2.24) is 25.3 Å². The van der Waals surface area contributed by atoms with Crippen molar-refractivity contribution >= 4 is 16.8 Å². The number of ether oxygens (including phenoxy) is 1. The van der Waals surface area contributed by atoms with Crippen LogP contribution in [0.2, 0.25) is 0 Å². The zero-order valence-corrected chi connectivity index (χ0v) is 16.5. The highest BCUT2D eigenvalue weighted by Crippen LogP contribution is 2.31. The summed E-state index contributed by atoms with van der Waals surface area (Å²) < 4.78 is 34.8. The minimum absolute atomic E-state index is 0.0743. The molecule has 2 heterocycles. The van der Waals surface area contributed by atoms with E-state index in [1.165, 1.54) is 23.1 Å². The van der Waals surface area contributed by atoms with Gasteiger partial charge in [0.25, 0.3) is 5.91 Å². The first kappa shape index (κ1) is 19.1. The molecule has 2 aromatic heterocycles. The molecule has 0 saturated heterocycles. The molecule has 0 spiro atoms. The quantitative estimate of drug-likeness (QED) is 0.525. The molecule has 0 aliphatic heterocycles. The topological polar surface area (TPSA) is 81.9 Å². The molecule has 0 unspecified atom stereocenters. The fourth-order valence-electron chi connectivity index (χ4n) is 3.21. The van der Waals surface area contributed by atoms with Crippen LogP contribution < -0.4 is 10.1 Å². The van der Waals surface area contributed by atoms with E-state index < -0.39 is 11.6 Å². The van der Waals surface area contributed by atoms with Crippen LogP contribution in [0.15, 0.2) is 48.8 Å². The molecular formula is C22H17F2N5O2. The van der Waals surface area contributed by atoms with E-state index in [4.69, 9.17) is 4.74 Å². The van der Waals surface area contributed by atoms with Gasteiger partial charge in [-0.05, 0) is 49.6 Å². The number of nitrogens with zero attached hydrogens (tertiary/aromatic N) is 4. The van der Waals surface area contributed by atoms with Gasteiger partial charge in [0, 0.05) is 17.7 Å². The third kappa shape index (κ3) is 3.70. The van der Waals surface area contributed by atoms with Crippen LogP contribution in [0, 0.1) is 18.6 Å². The standard InChI is InChI=1S/C22H17F2N5O2/c1-12-2-3-13(21(30)27-15-5-6-15)8-20(12)31-22-16-10-26-29(19(16)11-25-28-22)18-7-4-14(23)9-17(18)24/h2-4,7-11,15H,5-6H2,1H3,(H,27,30). The number of nitrogens with one attached hydrogen (secondary N) is 1. The van der Waals surface area contributed by atoms with Gasteiger partial charge in [0.2, 0.25) is 5.88 Å². The Balaban J connectivity index is 1.50. The molecule has 9 heteroatoms. The first-order valence-electron chi connectivity index (χ1n) is 9.74. The van der Waals surface area contributed by atoms with E-state index in [9.17, 15) is 13.6 Å². The minimum atomic E-state index is -0.755. The van der Waals surface area contributed by atoms with Crippen molar-refractivity contribution in [2.24, 2.45) is 0 Å². The number of hydrogen-bond donors (Lipinski definition) is 1. The number of rotatable bonds is 5. The Morgan fingerprint density at radius 2 is 2.00 bits per heavy atom. The number of aromatic nitrogens is 4. The first-order chi connectivity index (χ1) is 15.0. The smallest absolute Gasteiger partial charge is 0.251 e. The lowest BCUT2D eigenvalue weighted by atomic mass is 10.1. The Hall–Kier alpha value is -3.88. The first-order valence-corrected chi connectivity index (χ1v) is 9.74. The molecule has 0 radical (unpaired) electrons. The lowest BCUT2D eigenvalue weighted by molar-refractivity contribution is 0.0950. The second-order valence-electron chi connectivity index (χ2n) is 7.43. The van der Waals surface area contributed by atoms with Crippen molar-refractivity contribution in [3.8, 4) is 17.3 Å². The number of fused-ring (bicyclic) bond motifs is 1. The van der Waals surface area contributed by atoms with E-state index in [0.717, 1.165) is 30.5 Å². The molecule has 1 N–H and O–H groups in total. The molecular weight excluding hydrogens is 404 g/mol. The number of aryl methyl sites for hydroxylation is 1. The summed E-state index contributed by atoms with van der Waals surface area (Å²) in [7, 11) is 0. The summed E-state index contributed by atoms with van der Waals surface area (Å²) in [6, 6.07) is 8.66. The average Bonchev–Trinajstić information content (AvgIpc) is 3.46. The van der Waals surface area contributed by atoms with Crippen LogP contribution in [0.4, 0.5) is 8.78 Å². The molecule has 31 heavy (non-hydrogen) atoms. The fourth-order valence-corrected chi connectivity index (χ4v) is 3.21. The van der Waals surface area contributed by atoms with Crippen LogP contribution in [-0.4, -0.2) is 31.9 Å². The molecule has 1 amide bonds. The largest absolute Gasteiger partial charge is 0.437 e. The molecule has 0 atom stereocenters. The van der Waals surface area contributed by atoms with Gasteiger partial charge in [0.15, 0.2) is 5.82 Å². The summed E-state index contributed by atoms with van der Waals surface area (Å²) in [6.07, 6.45) is 4.89. The summed E-state index contributed by atoms with van der Waals surface area (Å²) in [6.45, 7) is 1.85. The Morgan fingerprint density at radius 1 is 1.16 bits per heavy atom. The predicted molar refractivity (Wildman–Crippen MR) is 108 cm³/mol. The molecule has 2 aromatic carbocycles. The van der Waals surface area contributed by atoms with Crippen molar-refractivity contribution in [2.75, 3.05) is 0 Å². The number of benzene rings is 2. The van der Waals surface area contributed by atoms with Gasteiger partial charge in [0.05, 0.1) is 23.3 Å². The molecule has 1 fully saturated rings. The molecule has 5 rings (SSSR count). The summed E-state index contributed by atoms with van der Waals surface area (Å²) >= 11 is 0. The minimum Gasteiger partial charge on any atom is -0.437 e. The second-order valence-corrected chi connectivity index (χ2v) is 7.43. The molecule has 4 aromatic rings. The Kier molecular flexibility index (Phi) is 4.58. The summed E-state index contributed by atoms with van der Waals surface area (Å²) in [5, 5.41) is 15.6. The Bertz CT molecular complexity index is 1320. The van der Waals surface area contributed by atoms with E-state index >= 15 is 0 Å². The highest BCUT2D eigenvalue weighted by atomic mass is 19.1. The molecule has 156 valence electrons. The average molecular weight is 421 g/mol. The van der Waals surface area contributed by atoms with Crippen LogP contribution in [0.1, 0.15) is 28.8 Å². The molecule has 0 bridgehead atoms. The van der Waals surface area contributed by atoms with Crippen LogP contribution in [0.5, 0.6) is 11.6 Å². The third-order valence-corrected chi connectivity index (χ3v) is 5.07. The van der Waals surface area contributed by atoms with Gasteiger partial charge >= 0.3 is 0 Å². The molecule has 1 aliphatic rings. The van der Waals surface area contributed by atoms with Gasteiger partial charge in [0.1, 0.15) is 17.3 Å². The normalized spacial score (nSPS) is 13.4. The highest BCUT2D eigenvalue weighted by molar-refractivity contribution is 5.95. The zero-order valence-electron chi connectivity index (χ0n) is 16.5. The molecule has 1 saturated carbocycles. The summed E-state index contributed by atoms with van der Waals surface area (Å²) in [5.41, 5.74) is 1.80. The van der Waals surface area contributed by atoms with Gasteiger partial charge < -0.3 is 10.1 Å². The third-order valence-electron chi connectivity index (χ3n) is 5.07. The van der Waals surface area contributed by atoms with Gasteiger partial charge in [-0.3, -0.25) is 4.79 Å². The lowest BCUT2D eigenvalue weighted by Crippen LogP contribution is -2.25. The number of hydrogen-bond acceptors (Lipinski definition) is 5. The van der Waals surface area contributed by atoms with E-state index in [1.54, 1.807) is 18.2 Å². The second kappa shape index (κ2) is 7.42.